The van der Waals surface area contributed by atoms with Crippen molar-refractivity contribution in [3.63, 3.8) is 0 Å². The highest BCUT2D eigenvalue weighted by Crippen LogP contribution is 2.20. The first-order chi connectivity index (χ1) is 9.11. The molecule has 1 aliphatic heterocycles. The van der Waals surface area contributed by atoms with E-state index in [1.807, 2.05) is 6.07 Å². The first-order valence-electron chi connectivity index (χ1n) is 6.93. The molecule has 1 amide bonds. The molecule has 1 aromatic carbocycles. The van der Waals surface area contributed by atoms with Gasteiger partial charge in [0.25, 0.3) is 0 Å². The summed E-state index contributed by atoms with van der Waals surface area (Å²) < 4.78 is 13.2. The zero-order valence-corrected chi connectivity index (χ0v) is 11.4. The van der Waals surface area contributed by atoms with E-state index in [-0.39, 0.29) is 11.7 Å². The van der Waals surface area contributed by atoms with Crippen molar-refractivity contribution in [3.8, 4) is 0 Å². The Morgan fingerprint density at radius 1 is 1.47 bits per heavy atom. The Morgan fingerprint density at radius 2 is 2.26 bits per heavy atom. The fourth-order valence-electron chi connectivity index (χ4n) is 2.50. The number of carbonyl (C=O) groups excluding carboxylic acids is 1. The van der Waals surface area contributed by atoms with E-state index in [4.69, 9.17) is 5.73 Å². The summed E-state index contributed by atoms with van der Waals surface area (Å²) >= 11 is 0. The molecular formula is C15H21FN2O. The van der Waals surface area contributed by atoms with Crippen molar-refractivity contribution >= 4 is 5.91 Å². The zero-order chi connectivity index (χ0) is 13.8. The number of amides is 1. The van der Waals surface area contributed by atoms with Crippen molar-refractivity contribution in [2.24, 2.45) is 5.73 Å². The quantitative estimate of drug-likeness (QED) is 0.906. The predicted molar refractivity (Wildman–Crippen MR) is 73.0 cm³/mol. The van der Waals surface area contributed by atoms with E-state index in [1.54, 1.807) is 4.90 Å². The zero-order valence-electron chi connectivity index (χ0n) is 11.4. The number of nitrogens with zero attached hydrogens (tertiary/aromatic N) is 1. The molecule has 1 aromatic rings. The maximum absolute atomic E-state index is 13.2. The SMILES string of the molecule is CCCCC(N)C(=O)N1CCc2ccc(F)cc2C1. The average Bonchev–Trinajstić information content (AvgIpc) is 2.43. The lowest BCUT2D eigenvalue weighted by Crippen LogP contribution is -2.45. The van der Waals surface area contributed by atoms with Gasteiger partial charge in [-0.2, -0.15) is 0 Å². The molecule has 2 rings (SSSR count). The van der Waals surface area contributed by atoms with Crippen molar-refractivity contribution in [1.82, 2.24) is 4.90 Å². The van der Waals surface area contributed by atoms with Crippen LogP contribution in [0.1, 0.15) is 37.3 Å². The fraction of sp³-hybridized carbons (Fsp3) is 0.533. The second kappa shape index (κ2) is 6.15. The van der Waals surface area contributed by atoms with E-state index in [9.17, 15) is 9.18 Å². The standard InChI is InChI=1S/C15H21FN2O/c1-2-3-4-14(17)15(19)18-8-7-11-5-6-13(16)9-12(11)10-18/h5-6,9,14H,2-4,7-8,10,17H2,1H3. The van der Waals surface area contributed by atoms with Crippen LogP contribution in [0, 0.1) is 5.82 Å². The fourth-order valence-corrected chi connectivity index (χ4v) is 2.50. The summed E-state index contributed by atoms with van der Waals surface area (Å²) in [7, 11) is 0. The van der Waals surface area contributed by atoms with Crippen LogP contribution in [0.4, 0.5) is 4.39 Å². The summed E-state index contributed by atoms with van der Waals surface area (Å²) in [5, 5.41) is 0. The van der Waals surface area contributed by atoms with Crippen LogP contribution >= 0.6 is 0 Å². The molecule has 1 atom stereocenters. The molecular weight excluding hydrogens is 243 g/mol. The normalized spacial score (nSPS) is 16.1. The van der Waals surface area contributed by atoms with Gasteiger partial charge in [0.15, 0.2) is 0 Å². The Kier molecular flexibility index (Phi) is 4.53. The maximum atomic E-state index is 13.2. The van der Waals surface area contributed by atoms with Gasteiger partial charge in [-0.25, -0.2) is 4.39 Å². The van der Waals surface area contributed by atoms with Gasteiger partial charge in [-0.3, -0.25) is 4.79 Å². The Labute approximate surface area is 113 Å². The minimum atomic E-state index is -0.421. The van der Waals surface area contributed by atoms with Gasteiger partial charge in [0.1, 0.15) is 5.82 Å². The molecule has 0 saturated carbocycles. The number of benzene rings is 1. The number of hydrogen-bond donors (Lipinski definition) is 1. The van der Waals surface area contributed by atoms with Gasteiger partial charge < -0.3 is 10.6 Å². The Hall–Kier alpha value is -1.42. The van der Waals surface area contributed by atoms with Crippen LogP contribution in [0.3, 0.4) is 0 Å². The molecule has 19 heavy (non-hydrogen) atoms. The van der Waals surface area contributed by atoms with Crippen LogP contribution in [-0.4, -0.2) is 23.4 Å². The molecule has 0 aliphatic carbocycles. The van der Waals surface area contributed by atoms with Gasteiger partial charge in [-0.1, -0.05) is 25.8 Å². The lowest BCUT2D eigenvalue weighted by atomic mass is 9.98. The lowest BCUT2D eigenvalue weighted by Gasteiger charge is -2.30. The molecule has 0 saturated heterocycles. The molecule has 1 heterocycles. The van der Waals surface area contributed by atoms with Crippen molar-refractivity contribution in [2.75, 3.05) is 6.54 Å². The minimum Gasteiger partial charge on any atom is -0.337 e. The molecule has 4 heteroatoms. The highest BCUT2D eigenvalue weighted by molar-refractivity contribution is 5.81. The van der Waals surface area contributed by atoms with Gasteiger partial charge in [-0.05, 0) is 36.1 Å². The van der Waals surface area contributed by atoms with Crippen LogP contribution in [0.25, 0.3) is 0 Å². The molecule has 3 nitrogen and oxygen atoms in total. The Bertz CT molecular complexity index is 461. The predicted octanol–water partition coefficient (Wildman–Crippen LogP) is 2.23. The summed E-state index contributed by atoms with van der Waals surface area (Å²) in [5.74, 6) is -0.258. The van der Waals surface area contributed by atoms with Crippen LogP contribution in [0.5, 0.6) is 0 Å². The topological polar surface area (TPSA) is 46.3 Å². The third-order valence-electron chi connectivity index (χ3n) is 3.68. The van der Waals surface area contributed by atoms with Gasteiger partial charge in [0, 0.05) is 13.1 Å². The summed E-state index contributed by atoms with van der Waals surface area (Å²) in [6, 6.07) is 4.38. The van der Waals surface area contributed by atoms with Crippen LogP contribution in [0.2, 0.25) is 0 Å². The largest absolute Gasteiger partial charge is 0.337 e. The molecule has 0 radical (unpaired) electrons. The Morgan fingerprint density at radius 3 is 3.00 bits per heavy atom. The van der Waals surface area contributed by atoms with E-state index < -0.39 is 6.04 Å². The van der Waals surface area contributed by atoms with Crippen LogP contribution in [0.15, 0.2) is 18.2 Å². The number of fused-ring (bicyclic) bond motifs is 1. The second-order valence-electron chi connectivity index (χ2n) is 5.17. The molecule has 0 spiro atoms. The van der Waals surface area contributed by atoms with Gasteiger partial charge in [-0.15, -0.1) is 0 Å². The van der Waals surface area contributed by atoms with Gasteiger partial charge in [0.05, 0.1) is 6.04 Å². The molecule has 0 aromatic heterocycles. The highest BCUT2D eigenvalue weighted by Gasteiger charge is 2.24. The minimum absolute atomic E-state index is 0.0108. The van der Waals surface area contributed by atoms with E-state index in [2.05, 4.69) is 6.92 Å². The van der Waals surface area contributed by atoms with Crippen molar-refractivity contribution < 1.29 is 9.18 Å². The number of halogens is 1. The van der Waals surface area contributed by atoms with Crippen LogP contribution < -0.4 is 5.73 Å². The molecule has 104 valence electrons. The molecule has 0 bridgehead atoms. The third-order valence-corrected chi connectivity index (χ3v) is 3.68. The number of nitrogens with two attached hydrogens (primary N) is 1. The Balaban J connectivity index is 2.02. The summed E-state index contributed by atoms with van der Waals surface area (Å²) in [4.78, 5) is 14.0. The van der Waals surface area contributed by atoms with E-state index in [0.717, 1.165) is 36.8 Å². The number of carbonyl (C=O) groups is 1. The number of rotatable bonds is 4. The lowest BCUT2D eigenvalue weighted by molar-refractivity contribution is -0.133. The van der Waals surface area contributed by atoms with Gasteiger partial charge in [0.2, 0.25) is 5.91 Å². The highest BCUT2D eigenvalue weighted by atomic mass is 19.1. The second-order valence-corrected chi connectivity index (χ2v) is 5.17. The molecule has 0 fully saturated rings. The number of unbranched alkanes of at least 4 members (excludes halogenated alkanes) is 1. The first-order valence-corrected chi connectivity index (χ1v) is 6.93. The monoisotopic (exact) mass is 264 g/mol. The molecule has 1 aliphatic rings. The van der Waals surface area contributed by atoms with Gasteiger partial charge >= 0.3 is 0 Å². The van der Waals surface area contributed by atoms with E-state index in [0.29, 0.717) is 13.1 Å². The third kappa shape index (κ3) is 3.32. The van der Waals surface area contributed by atoms with E-state index >= 15 is 0 Å². The summed E-state index contributed by atoms with van der Waals surface area (Å²) in [6.07, 6.45) is 3.50. The maximum Gasteiger partial charge on any atom is 0.239 e. The number of hydrogen-bond acceptors (Lipinski definition) is 2. The van der Waals surface area contributed by atoms with Crippen molar-refractivity contribution in [3.05, 3.63) is 35.1 Å². The van der Waals surface area contributed by atoms with Crippen molar-refractivity contribution in [2.45, 2.75) is 45.2 Å². The average molecular weight is 264 g/mol. The summed E-state index contributed by atoms with van der Waals surface area (Å²) in [6.45, 7) is 3.24. The first kappa shape index (κ1) is 14.0. The summed E-state index contributed by atoms with van der Waals surface area (Å²) in [5.41, 5.74) is 7.96. The smallest absolute Gasteiger partial charge is 0.239 e. The molecule has 2 N–H and O–H groups in total. The molecule has 1 unspecified atom stereocenters. The van der Waals surface area contributed by atoms with E-state index in [1.165, 1.54) is 12.1 Å². The van der Waals surface area contributed by atoms with Crippen LogP contribution in [-0.2, 0) is 17.8 Å². The van der Waals surface area contributed by atoms with Crippen molar-refractivity contribution in [1.29, 1.82) is 0 Å².